The Kier molecular flexibility index (Phi) is 7.83. The third-order valence-electron chi connectivity index (χ3n) is 4.91. The molecule has 10 nitrogen and oxygen atoms in total. The van der Waals surface area contributed by atoms with Gasteiger partial charge in [-0.25, -0.2) is 14.4 Å². The minimum Gasteiger partial charge on any atom is -0.480 e. The number of amides is 1. The number of alkyl carbamates (subject to hydrolysis) is 1. The SMILES string of the molecule is CCN(CCC1CCCCc2noc(=O)n21)C[C@H](NC(=O)OC(C)(C)C)C(=O)O. The molecule has 164 valence electrons. The Morgan fingerprint density at radius 3 is 2.76 bits per heavy atom. The van der Waals surface area contributed by atoms with Crippen LogP contribution in [0.2, 0.25) is 0 Å². The summed E-state index contributed by atoms with van der Waals surface area (Å²) in [7, 11) is 0. The molecule has 2 rings (SSSR count). The number of carboxylic acid groups (broad SMARTS) is 1. The van der Waals surface area contributed by atoms with E-state index in [-0.39, 0.29) is 12.6 Å². The molecule has 2 N–H and O–H groups in total. The van der Waals surface area contributed by atoms with Crippen LogP contribution < -0.4 is 11.1 Å². The van der Waals surface area contributed by atoms with E-state index in [1.165, 1.54) is 0 Å². The Balaban J connectivity index is 1.98. The highest BCUT2D eigenvalue weighted by atomic mass is 16.6. The number of aromatic nitrogens is 2. The Morgan fingerprint density at radius 1 is 1.41 bits per heavy atom. The lowest BCUT2D eigenvalue weighted by molar-refractivity contribution is -0.140. The van der Waals surface area contributed by atoms with Crippen LogP contribution in [-0.4, -0.2) is 63.1 Å². The molecule has 1 unspecified atom stereocenters. The molecule has 0 radical (unpaired) electrons. The molecule has 10 heteroatoms. The summed E-state index contributed by atoms with van der Waals surface area (Å²) in [6, 6.07) is -1.12. The number of likely N-dealkylation sites (N-methyl/N-ethyl adjacent to an activating group) is 1. The largest absolute Gasteiger partial charge is 0.480 e. The number of nitrogens with one attached hydrogen (secondary N) is 1. The molecule has 0 aliphatic carbocycles. The molecule has 0 spiro atoms. The molecule has 29 heavy (non-hydrogen) atoms. The van der Waals surface area contributed by atoms with Gasteiger partial charge in [0.1, 0.15) is 11.6 Å². The smallest absolute Gasteiger partial charge is 0.441 e. The van der Waals surface area contributed by atoms with E-state index in [0.717, 1.165) is 25.7 Å². The van der Waals surface area contributed by atoms with Gasteiger partial charge in [-0.2, -0.15) is 0 Å². The molecule has 2 atom stereocenters. The number of aliphatic carboxylic acids is 1. The van der Waals surface area contributed by atoms with Crippen molar-refractivity contribution in [2.45, 2.75) is 77.5 Å². The van der Waals surface area contributed by atoms with E-state index in [2.05, 4.69) is 10.5 Å². The zero-order valence-corrected chi connectivity index (χ0v) is 17.6. The maximum atomic E-state index is 12.0. The van der Waals surface area contributed by atoms with Crippen molar-refractivity contribution >= 4 is 12.1 Å². The quantitative estimate of drug-likeness (QED) is 0.662. The zero-order valence-electron chi connectivity index (χ0n) is 17.6. The lowest BCUT2D eigenvalue weighted by atomic mass is 10.1. The van der Waals surface area contributed by atoms with E-state index in [0.29, 0.717) is 25.3 Å². The summed E-state index contributed by atoms with van der Waals surface area (Å²) in [6.07, 6.45) is 3.44. The van der Waals surface area contributed by atoms with Crippen molar-refractivity contribution in [1.82, 2.24) is 19.9 Å². The highest BCUT2D eigenvalue weighted by molar-refractivity contribution is 5.80. The second-order valence-corrected chi connectivity index (χ2v) is 8.35. The van der Waals surface area contributed by atoms with E-state index >= 15 is 0 Å². The molecule has 0 aromatic carbocycles. The number of carboxylic acids is 1. The fourth-order valence-electron chi connectivity index (χ4n) is 3.48. The third kappa shape index (κ3) is 6.88. The maximum Gasteiger partial charge on any atom is 0.441 e. The predicted octanol–water partition coefficient (Wildman–Crippen LogP) is 1.79. The fourth-order valence-corrected chi connectivity index (χ4v) is 3.48. The van der Waals surface area contributed by atoms with Crippen LogP contribution in [0.1, 0.15) is 65.2 Å². The highest BCUT2D eigenvalue weighted by Gasteiger charge is 2.27. The van der Waals surface area contributed by atoms with E-state index in [1.54, 1.807) is 25.3 Å². The van der Waals surface area contributed by atoms with Gasteiger partial charge in [0.2, 0.25) is 0 Å². The summed E-state index contributed by atoms with van der Waals surface area (Å²) in [6.45, 7) is 8.41. The molecule has 1 aromatic heterocycles. The number of carbonyl (C=O) groups is 2. The normalized spacial score (nSPS) is 18.0. The van der Waals surface area contributed by atoms with Crippen molar-refractivity contribution in [3.05, 3.63) is 16.4 Å². The van der Waals surface area contributed by atoms with Crippen LogP contribution in [0, 0.1) is 0 Å². The van der Waals surface area contributed by atoms with Gasteiger partial charge in [0.25, 0.3) is 0 Å². The van der Waals surface area contributed by atoms with Crippen LogP contribution in [0.15, 0.2) is 9.32 Å². The van der Waals surface area contributed by atoms with E-state index in [4.69, 9.17) is 9.26 Å². The second-order valence-electron chi connectivity index (χ2n) is 8.35. The lowest BCUT2D eigenvalue weighted by Crippen LogP contribution is -2.50. The molecule has 0 fully saturated rings. The Hall–Kier alpha value is -2.36. The lowest BCUT2D eigenvalue weighted by Gasteiger charge is -2.27. The summed E-state index contributed by atoms with van der Waals surface area (Å²) in [5.41, 5.74) is -0.708. The highest BCUT2D eigenvalue weighted by Crippen LogP contribution is 2.24. The molecule has 0 saturated carbocycles. The van der Waals surface area contributed by atoms with Gasteiger partial charge < -0.3 is 20.1 Å². The number of fused-ring (bicyclic) bond motifs is 1. The molecule has 0 saturated heterocycles. The van der Waals surface area contributed by atoms with Gasteiger partial charge in [-0.05, 0) is 46.6 Å². The standard InChI is InChI=1S/C19H32N4O6/c1-5-22(12-14(16(24)25)20-17(26)28-19(2,3)4)11-10-13-8-6-7-9-15-21-29-18(27)23(13)15/h13-14H,5-12H2,1-4H3,(H,20,26)(H,24,25)/t13?,14-/m0/s1. The fraction of sp³-hybridized carbons (Fsp3) is 0.789. The first-order valence-corrected chi connectivity index (χ1v) is 10.1. The summed E-state index contributed by atoms with van der Waals surface area (Å²) in [4.78, 5) is 37.5. The summed E-state index contributed by atoms with van der Waals surface area (Å²) in [5.74, 6) is -0.887. The van der Waals surface area contributed by atoms with Gasteiger partial charge in [-0.3, -0.25) is 9.09 Å². The minimum atomic E-state index is -1.12. The first-order chi connectivity index (χ1) is 13.6. The van der Waals surface area contributed by atoms with Crippen molar-refractivity contribution in [3.63, 3.8) is 0 Å². The first-order valence-electron chi connectivity index (χ1n) is 10.1. The van der Waals surface area contributed by atoms with Gasteiger partial charge in [0.15, 0.2) is 5.82 Å². The summed E-state index contributed by atoms with van der Waals surface area (Å²) >= 11 is 0. The molecule has 1 aliphatic rings. The summed E-state index contributed by atoms with van der Waals surface area (Å²) < 4.78 is 11.6. The number of rotatable bonds is 8. The topological polar surface area (TPSA) is 127 Å². The minimum absolute atomic E-state index is 0.0256. The average molecular weight is 412 g/mol. The molecular formula is C19H32N4O6. The van der Waals surface area contributed by atoms with E-state index < -0.39 is 29.5 Å². The van der Waals surface area contributed by atoms with Crippen molar-refractivity contribution < 1.29 is 24.0 Å². The van der Waals surface area contributed by atoms with Gasteiger partial charge in [0.05, 0.1) is 0 Å². The number of aryl methyl sites for hydroxylation is 1. The van der Waals surface area contributed by atoms with Crippen LogP contribution in [0.4, 0.5) is 4.79 Å². The maximum absolute atomic E-state index is 12.0. The molecule has 2 heterocycles. The number of hydrogen-bond acceptors (Lipinski definition) is 7. The van der Waals surface area contributed by atoms with Crippen molar-refractivity contribution in [2.24, 2.45) is 0 Å². The summed E-state index contributed by atoms with van der Waals surface area (Å²) in [5, 5.41) is 15.8. The van der Waals surface area contributed by atoms with Gasteiger partial charge in [-0.1, -0.05) is 18.5 Å². The average Bonchev–Trinajstić information content (AvgIpc) is 2.85. The van der Waals surface area contributed by atoms with Gasteiger partial charge >= 0.3 is 17.8 Å². The number of hydrogen-bond donors (Lipinski definition) is 2. The van der Waals surface area contributed by atoms with Gasteiger partial charge in [-0.15, -0.1) is 0 Å². The predicted molar refractivity (Wildman–Crippen MR) is 105 cm³/mol. The molecular weight excluding hydrogens is 380 g/mol. The second kappa shape index (κ2) is 9.91. The van der Waals surface area contributed by atoms with E-state index in [1.807, 2.05) is 11.8 Å². The van der Waals surface area contributed by atoms with Crippen LogP contribution >= 0.6 is 0 Å². The first kappa shape index (κ1) is 22.9. The Bertz CT molecular complexity index is 751. The number of nitrogens with zero attached hydrogens (tertiary/aromatic N) is 3. The van der Waals surface area contributed by atoms with Crippen LogP contribution in [0.25, 0.3) is 0 Å². The van der Waals surface area contributed by atoms with E-state index in [9.17, 15) is 19.5 Å². The molecule has 1 aliphatic heterocycles. The van der Waals surface area contributed by atoms with Crippen LogP contribution in [-0.2, 0) is 16.0 Å². The Labute approximate surface area is 170 Å². The molecule has 1 amide bonds. The number of carbonyl (C=O) groups excluding carboxylic acids is 1. The Morgan fingerprint density at radius 2 is 2.14 bits per heavy atom. The monoisotopic (exact) mass is 412 g/mol. The zero-order chi connectivity index (χ0) is 21.6. The van der Waals surface area contributed by atoms with Gasteiger partial charge in [0, 0.05) is 25.6 Å². The van der Waals surface area contributed by atoms with Crippen LogP contribution in [0.3, 0.4) is 0 Å². The van der Waals surface area contributed by atoms with Crippen LogP contribution in [0.5, 0.6) is 0 Å². The molecule has 0 bridgehead atoms. The number of ether oxygens (including phenoxy) is 1. The van der Waals surface area contributed by atoms with Crippen molar-refractivity contribution in [3.8, 4) is 0 Å². The third-order valence-corrected chi connectivity index (χ3v) is 4.91. The molecule has 1 aromatic rings. The van der Waals surface area contributed by atoms with Crippen molar-refractivity contribution in [1.29, 1.82) is 0 Å². The van der Waals surface area contributed by atoms with Crippen molar-refractivity contribution in [2.75, 3.05) is 19.6 Å².